The number of nitrogens with zero attached hydrogens (tertiary/aromatic N) is 1. The summed E-state index contributed by atoms with van der Waals surface area (Å²) in [6.45, 7) is 0. The molecular formula is C8H8BrClF2N2O3. The monoisotopic (exact) mass is 332 g/mol. The van der Waals surface area contributed by atoms with E-state index in [0.29, 0.717) is 0 Å². The maximum Gasteiger partial charge on any atom is 0.312 e. The molecule has 0 saturated heterocycles. The van der Waals surface area contributed by atoms with Gasteiger partial charge in [0.05, 0.1) is 11.0 Å². The van der Waals surface area contributed by atoms with E-state index < -0.39 is 28.8 Å². The summed E-state index contributed by atoms with van der Waals surface area (Å²) in [5.41, 5.74) is 4.09. The van der Waals surface area contributed by atoms with Crippen LogP contribution in [-0.2, 0) is 0 Å². The van der Waals surface area contributed by atoms with Crippen LogP contribution in [-0.4, -0.2) is 16.5 Å². The van der Waals surface area contributed by atoms with Crippen LogP contribution in [0.2, 0.25) is 0 Å². The van der Waals surface area contributed by atoms with E-state index in [1.807, 2.05) is 0 Å². The number of phenols is 1. The predicted molar refractivity (Wildman–Crippen MR) is 62.6 cm³/mol. The molecule has 0 aliphatic rings. The lowest BCUT2D eigenvalue weighted by Crippen LogP contribution is -2.19. The van der Waals surface area contributed by atoms with Gasteiger partial charge in [-0.05, 0) is 6.07 Å². The van der Waals surface area contributed by atoms with Crippen molar-refractivity contribution in [3.05, 3.63) is 32.3 Å². The molecule has 0 aliphatic carbocycles. The first-order valence-corrected chi connectivity index (χ1v) is 4.84. The Morgan fingerprint density at radius 2 is 2.00 bits per heavy atom. The molecule has 1 aromatic rings. The second-order valence-corrected chi connectivity index (χ2v) is 3.90. The zero-order chi connectivity index (χ0) is 12.5. The zero-order valence-corrected chi connectivity index (χ0v) is 10.5. The van der Waals surface area contributed by atoms with Gasteiger partial charge >= 0.3 is 5.69 Å². The van der Waals surface area contributed by atoms with Crippen LogP contribution < -0.4 is 5.73 Å². The third-order valence-corrected chi connectivity index (χ3v) is 2.37. The summed E-state index contributed by atoms with van der Waals surface area (Å²) in [6.07, 6.45) is -2.92. The highest BCUT2D eigenvalue weighted by atomic mass is 79.9. The summed E-state index contributed by atoms with van der Waals surface area (Å²) >= 11 is 2.92. The average molecular weight is 334 g/mol. The smallest absolute Gasteiger partial charge is 0.312 e. The lowest BCUT2D eigenvalue weighted by atomic mass is 10.1. The van der Waals surface area contributed by atoms with Gasteiger partial charge in [0.1, 0.15) is 0 Å². The Bertz CT molecular complexity index is 433. The number of nitro benzene ring substituents is 1. The molecule has 0 amide bonds. The highest BCUT2D eigenvalue weighted by Gasteiger charge is 2.26. The topological polar surface area (TPSA) is 89.4 Å². The normalized spacial score (nSPS) is 12.1. The maximum atomic E-state index is 12.3. The zero-order valence-electron chi connectivity index (χ0n) is 8.14. The second-order valence-electron chi connectivity index (χ2n) is 2.98. The van der Waals surface area contributed by atoms with Crippen molar-refractivity contribution in [1.82, 2.24) is 0 Å². The van der Waals surface area contributed by atoms with E-state index in [9.17, 15) is 24.0 Å². The van der Waals surface area contributed by atoms with E-state index >= 15 is 0 Å². The van der Waals surface area contributed by atoms with Crippen LogP contribution in [0.15, 0.2) is 16.6 Å². The minimum absolute atomic E-state index is 0. The first-order valence-electron chi connectivity index (χ1n) is 4.05. The van der Waals surface area contributed by atoms with Crippen LogP contribution in [0.4, 0.5) is 14.5 Å². The second kappa shape index (κ2) is 6.08. The summed E-state index contributed by atoms with van der Waals surface area (Å²) in [5.74, 6) is -0.832. The molecule has 0 saturated carbocycles. The highest BCUT2D eigenvalue weighted by molar-refractivity contribution is 9.10. The van der Waals surface area contributed by atoms with Crippen LogP contribution in [0.1, 0.15) is 11.6 Å². The number of aromatic hydroxyl groups is 1. The van der Waals surface area contributed by atoms with E-state index in [1.165, 1.54) is 0 Å². The van der Waals surface area contributed by atoms with Gasteiger partial charge < -0.3 is 10.8 Å². The first-order chi connectivity index (χ1) is 7.34. The van der Waals surface area contributed by atoms with Crippen molar-refractivity contribution in [1.29, 1.82) is 0 Å². The fourth-order valence-electron chi connectivity index (χ4n) is 1.13. The molecule has 9 heteroatoms. The van der Waals surface area contributed by atoms with Crippen molar-refractivity contribution in [2.24, 2.45) is 5.73 Å². The van der Waals surface area contributed by atoms with E-state index in [0.717, 1.165) is 12.1 Å². The molecule has 17 heavy (non-hydrogen) atoms. The number of hydrogen-bond acceptors (Lipinski definition) is 4. The summed E-state index contributed by atoms with van der Waals surface area (Å²) < 4.78 is 24.9. The fraction of sp³-hybridized carbons (Fsp3) is 0.250. The summed E-state index contributed by atoms with van der Waals surface area (Å²) in [6, 6.07) is 0.368. The van der Waals surface area contributed by atoms with Gasteiger partial charge in [-0.2, -0.15) is 0 Å². The van der Waals surface area contributed by atoms with Crippen molar-refractivity contribution in [2.45, 2.75) is 12.5 Å². The van der Waals surface area contributed by atoms with Gasteiger partial charge in [-0.15, -0.1) is 12.4 Å². The number of nitro groups is 1. The largest absolute Gasteiger partial charge is 0.502 e. The molecule has 0 aromatic heterocycles. The van der Waals surface area contributed by atoms with Crippen molar-refractivity contribution in [3.8, 4) is 5.75 Å². The molecule has 0 unspecified atom stereocenters. The van der Waals surface area contributed by atoms with Gasteiger partial charge in [-0.3, -0.25) is 10.1 Å². The summed E-state index contributed by atoms with van der Waals surface area (Å²) in [7, 11) is 0. The molecule has 0 fully saturated rings. The van der Waals surface area contributed by atoms with E-state index in [2.05, 4.69) is 15.9 Å². The highest BCUT2D eigenvalue weighted by Crippen LogP contribution is 2.37. The van der Waals surface area contributed by atoms with Crippen LogP contribution in [0, 0.1) is 10.1 Å². The molecule has 0 spiro atoms. The van der Waals surface area contributed by atoms with Gasteiger partial charge in [0.15, 0.2) is 5.75 Å². The Balaban J connectivity index is 0.00000256. The molecule has 5 nitrogen and oxygen atoms in total. The standard InChI is InChI=1S/C8H7BrF2N2O3.ClH/c9-3-1-4(6(12)8(10)11)7(14)5(2-3)13(15)16;/h1-2,6,8,14H,12H2;1H/t6-;/m0./s1. The molecule has 0 bridgehead atoms. The van der Waals surface area contributed by atoms with E-state index in [1.54, 1.807) is 0 Å². The number of hydrogen-bond donors (Lipinski definition) is 2. The quantitative estimate of drug-likeness (QED) is 0.657. The SMILES string of the molecule is Cl.N[C@@H](c1cc(Br)cc([N+](=O)[O-])c1O)C(F)F. The molecule has 0 radical (unpaired) electrons. The van der Waals surface area contributed by atoms with Crippen LogP contribution in [0.5, 0.6) is 5.75 Å². The van der Waals surface area contributed by atoms with Crippen LogP contribution >= 0.6 is 28.3 Å². The molecule has 1 atom stereocenters. The number of halogens is 4. The van der Waals surface area contributed by atoms with Crippen LogP contribution in [0.25, 0.3) is 0 Å². The number of rotatable bonds is 3. The van der Waals surface area contributed by atoms with E-state index in [4.69, 9.17) is 5.73 Å². The van der Waals surface area contributed by atoms with Crippen LogP contribution in [0.3, 0.4) is 0 Å². The van der Waals surface area contributed by atoms with Gasteiger partial charge in [-0.25, -0.2) is 8.78 Å². The average Bonchev–Trinajstić information content (AvgIpc) is 2.19. The molecule has 3 N–H and O–H groups in total. The summed E-state index contributed by atoms with van der Waals surface area (Å²) in [4.78, 5) is 9.64. The molecule has 1 aromatic carbocycles. The van der Waals surface area contributed by atoms with Gasteiger partial charge in [0, 0.05) is 16.1 Å². The van der Waals surface area contributed by atoms with Gasteiger partial charge in [0.25, 0.3) is 6.43 Å². The molecule has 1 rings (SSSR count). The van der Waals surface area contributed by atoms with Crippen molar-refractivity contribution in [3.63, 3.8) is 0 Å². The molecule has 96 valence electrons. The Labute approximate surface area is 109 Å². The minimum atomic E-state index is -2.92. The van der Waals surface area contributed by atoms with Crippen molar-refractivity contribution < 1.29 is 18.8 Å². The lowest BCUT2D eigenvalue weighted by Gasteiger charge is -2.12. The van der Waals surface area contributed by atoms with Gasteiger partial charge in [0.2, 0.25) is 0 Å². The Morgan fingerprint density at radius 3 is 2.41 bits per heavy atom. The third kappa shape index (κ3) is 3.48. The Morgan fingerprint density at radius 1 is 1.47 bits per heavy atom. The molecule has 0 aliphatic heterocycles. The lowest BCUT2D eigenvalue weighted by molar-refractivity contribution is -0.386. The summed E-state index contributed by atoms with van der Waals surface area (Å²) in [5, 5.41) is 19.9. The third-order valence-electron chi connectivity index (χ3n) is 1.91. The first kappa shape index (κ1) is 16.0. The molecular weight excluding hydrogens is 325 g/mol. The Kier molecular flexibility index (Phi) is 5.73. The maximum absolute atomic E-state index is 12.3. The fourth-order valence-corrected chi connectivity index (χ4v) is 1.60. The van der Waals surface area contributed by atoms with Gasteiger partial charge in [-0.1, -0.05) is 15.9 Å². The van der Waals surface area contributed by atoms with E-state index in [-0.39, 0.29) is 22.4 Å². The van der Waals surface area contributed by atoms with Crippen molar-refractivity contribution >= 4 is 34.0 Å². The predicted octanol–water partition coefficient (Wildman–Crippen LogP) is 2.75. The van der Waals surface area contributed by atoms with Crippen molar-refractivity contribution in [2.75, 3.05) is 0 Å². The molecule has 0 heterocycles. The Hall–Kier alpha value is -0.990. The minimum Gasteiger partial charge on any atom is -0.502 e. The number of alkyl halides is 2. The number of nitrogens with two attached hydrogens (primary N) is 1. The number of benzene rings is 1. The number of phenolic OH excluding ortho intramolecular Hbond substituents is 1.